The van der Waals surface area contributed by atoms with Crippen LogP contribution in [0.15, 0.2) is 211 Å². The minimum atomic E-state index is 0.612. The predicted molar refractivity (Wildman–Crippen MR) is 235 cm³/mol. The first kappa shape index (κ1) is 32.0. The molecule has 0 N–H and O–H groups in total. The van der Waals surface area contributed by atoms with E-state index >= 15 is 0 Å². The lowest BCUT2D eigenvalue weighted by atomic mass is 9.96. The van der Waals surface area contributed by atoms with Crippen LogP contribution in [0.5, 0.6) is 0 Å². The van der Waals surface area contributed by atoms with Gasteiger partial charge in [0.05, 0.1) is 0 Å². The first-order valence-corrected chi connectivity index (χ1v) is 19.0. The third-order valence-corrected chi connectivity index (χ3v) is 11.1. The number of nitrogens with zero attached hydrogens (tertiary/aromatic N) is 2. The molecular weight excluding hydrogens is 681 g/mol. The molecule has 1 aromatic heterocycles. The molecule has 0 saturated carbocycles. The summed E-state index contributed by atoms with van der Waals surface area (Å²) in [6.45, 7) is 0. The van der Waals surface area contributed by atoms with Crippen LogP contribution in [0, 0.1) is 0 Å². The molecule has 11 aromatic rings. The van der Waals surface area contributed by atoms with Crippen LogP contribution in [0.25, 0.3) is 87.9 Å². The number of benzene rings is 10. The van der Waals surface area contributed by atoms with E-state index < -0.39 is 0 Å². The molecule has 0 amide bonds. The van der Waals surface area contributed by atoms with E-state index in [-0.39, 0.29) is 0 Å². The van der Waals surface area contributed by atoms with E-state index in [1.54, 1.807) is 0 Å². The van der Waals surface area contributed by atoms with Crippen LogP contribution in [-0.2, 0) is 0 Å². The van der Waals surface area contributed by atoms with Crippen LogP contribution in [-0.4, -0.2) is 4.98 Å². The van der Waals surface area contributed by atoms with Crippen LogP contribution in [0.3, 0.4) is 0 Å². The SMILES string of the molecule is c1ccc(-c2nc3c(-c4ccccc4)ccc(-c4ccc(N(c5ccc6ccccc6c5)c5ccc6ccc7c8ccccc8ccc7c6c5)cc4)c3o2)cc1. The van der Waals surface area contributed by atoms with E-state index in [0.29, 0.717) is 5.89 Å². The van der Waals surface area contributed by atoms with Crippen molar-refractivity contribution < 1.29 is 4.42 Å². The lowest BCUT2D eigenvalue weighted by molar-refractivity contribution is 0.621. The highest BCUT2D eigenvalue weighted by Gasteiger charge is 2.19. The first-order chi connectivity index (χ1) is 27.7. The topological polar surface area (TPSA) is 29.3 Å². The molecule has 0 aliphatic heterocycles. The summed E-state index contributed by atoms with van der Waals surface area (Å²) < 4.78 is 6.64. The standard InChI is InChI=1S/C53H34N2O/c1-3-12-36(13-4-1)46-31-32-47(52-51(46)54-53(56-52)40-15-5-2-6-16-40)38-20-25-42(26-21-38)55(43-27-19-35-11-7-8-17-41(35)33-43)44-28-22-39-24-29-48-45-18-10-9-14-37(45)23-30-49(48)50(39)34-44/h1-34H. The summed E-state index contributed by atoms with van der Waals surface area (Å²) in [5, 5.41) is 9.90. The Morgan fingerprint density at radius 1 is 0.339 bits per heavy atom. The van der Waals surface area contributed by atoms with Crippen LogP contribution < -0.4 is 4.90 Å². The maximum Gasteiger partial charge on any atom is 0.227 e. The summed E-state index contributed by atoms with van der Waals surface area (Å²) in [7, 11) is 0. The van der Waals surface area contributed by atoms with Gasteiger partial charge in [0.15, 0.2) is 5.58 Å². The zero-order chi connectivity index (χ0) is 37.0. The average Bonchev–Trinajstić information content (AvgIpc) is 3.73. The van der Waals surface area contributed by atoms with Gasteiger partial charge in [0.2, 0.25) is 5.89 Å². The van der Waals surface area contributed by atoms with Crippen molar-refractivity contribution in [2.24, 2.45) is 0 Å². The summed E-state index contributed by atoms with van der Waals surface area (Å²) in [4.78, 5) is 7.45. The monoisotopic (exact) mass is 714 g/mol. The van der Waals surface area contributed by atoms with E-state index in [1.165, 1.54) is 43.1 Å². The third kappa shape index (κ3) is 5.40. The number of oxazole rings is 1. The number of hydrogen-bond donors (Lipinski definition) is 0. The van der Waals surface area contributed by atoms with Gasteiger partial charge in [-0.1, -0.05) is 152 Å². The summed E-state index contributed by atoms with van der Waals surface area (Å²) >= 11 is 0. The molecule has 0 bridgehead atoms. The van der Waals surface area contributed by atoms with Crippen LogP contribution in [0.2, 0.25) is 0 Å². The van der Waals surface area contributed by atoms with E-state index in [2.05, 4.69) is 175 Å². The molecule has 0 radical (unpaired) electrons. The Labute approximate surface area is 324 Å². The molecule has 0 saturated heterocycles. The molecule has 10 aromatic carbocycles. The molecule has 262 valence electrons. The van der Waals surface area contributed by atoms with Gasteiger partial charge in [0.25, 0.3) is 0 Å². The van der Waals surface area contributed by atoms with Gasteiger partial charge in [-0.25, -0.2) is 4.98 Å². The highest BCUT2D eigenvalue weighted by Crippen LogP contribution is 2.42. The Morgan fingerprint density at radius 2 is 0.875 bits per heavy atom. The van der Waals surface area contributed by atoms with Crippen molar-refractivity contribution in [3.8, 4) is 33.7 Å². The molecule has 3 heteroatoms. The zero-order valence-electron chi connectivity index (χ0n) is 30.4. The molecular formula is C53H34N2O. The van der Waals surface area contributed by atoms with Crippen molar-refractivity contribution in [1.82, 2.24) is 4.98 Å². The Bertz CT molecular complexity index is 3240. The van der Waals surface area contributed by atoms with Gasteiger partial charge in [-0.15, -0.1) is 0 Å². The van der Waals surface area contributed by atoms with Crippen LogP contribution in [0.1, 0.15) is 0 Å². The number of hydrogen-bond acceptors (Lipinski definition) is 3. The van der Waals surface area contributed by atoms with E-state index in [9.17, 15) is 0 Å². The van der Waals surface area contributed by atoms with E-state index in [4.69, 9.17) is 9.40 Å². The first-order valence-electron chi connectivity index (χ1n) is 19.0. The summed E-state index contributed by atoms with van der Waals surface area (Å²) in [5.41, 5.74) is 10.0. The van der Waals surface area contributed by atoms with Crippen LogP contribution >= 0.6 is 0 Å². The van der Waals surface area contributed by atoms with Gasteiger partial charge in [-0.2, -0.15) is 0 Å². The highest BCUT2D eigenvalue weighted by molar-refractivity contribution is 6.18. The van der Waals surface area contributed by atoms with E-state index in [1.807, 2.05) is 36.4 Å². The highest BCUT2D eigenvalue weighted by atomic mass is 16.3. The van der Waals surface area contributed by atoms with Crippen molar-refractivity contribution in [2.45, 2.75) is 0 Å². The van der Waals surface area contributed by atoms with E-state index in [0.717, 1.165) is 56.0 Å². The Hall–Kier alpha value is -7.49. The lowest BCUT2D eigenvalue weighted by Gasteiger charge is -2.26. The van der Waals surface area contributed by atoms with Gasteiger partial charge in [0, 0.05) is 33.8 Å². The Balaban J connectivity index is 1.07. The molecule has 0 fully saturated rings. The Kier molecular flexibility index (Phi) is 7.49. The predicted octanol–water partition coefficient (Wildman–Crippen LogP) is 14.9. The lowest BCUT2D eigenvalue weighted by Crippen LogP contribution is -2.10. The number of anilines is 3. The fourth-order valence-electron chi connectivity index (χ4n) is 8.29. The molecule has 0 aliphatic rings. The molecule has 0 atom stereocenters. The van der Waals surface area contributed by atoms with Crippen molar-refractivity contribution in [1.29, 1.82) is 0 Å². The van der Waals surface area contributed by atoms with Gasteiger partial charge >= 0.3 is 0 Å². The van der Waals surface area contributed by atoms with Crippen molar-refractivity contribution in [2.75, 3.05) is 4.90 Å². The summed E-state index contributed by atoms with van der Waals surface area (Å²) in [6.07, 6.45) is 0. The largest absolute Gasteiger partial charge is 0.435 e. The Morgan fingerprint density at radius 3 is 1.64 bits per heavy atom. The van der Waals surface area contributed by atoms with Gasteiger partial charge in [-0.3, -0.25) is 0 Å². The molecule has 0 spiro atoms. The number of rotatable bonds is 6. The summed E-state index contributed by atoms with van der Waals surface area (Å²) in [5.74, 6) is 0.612. The molecule has 0 aliphatic carbocycles. The smallest absolute Gasteiger partial charge is 0.227 e. The molecule has 1 heterocycles. The molecule has 3 nitrogen and oxygen atoms in total. The molecule has 56 heavy (non-hydrogen) atoms. The van der Waals surface area contributed by atoms with Crippen molar-refractivity contribution in [3.63, 3.8) is 0 Å². The van der Waals surface area contributed by atoms with Crippen molar-refractivity contribution in [3.05, 3.63) is 206 Å². The minimum absolute atomic E-state index is 0.612. The van der Waals surface area contributed by atoms with Crippen LogP contribution in [0.4, 0.5) is 17.1 Å². The van der Waals surface area contributed by atoms with Gasteiger partial charge in [-0.05, 0) is 109 Å². The fraction of sp³-hybridized carbons (Fsp3) is 0. The fourth-order valence-corrected chi connectivity index (χ4v) is 8.29. The van der Waals surface area contributed by atoms with Gasteiger partial charge in [0.1, 0.15) is 5.52 Å². The minimum Gasteiger partial charge on any atom is -0.435 e. The normalized spacial score (nSPS) is 11.6. The summed E-state index contributed by atoms with van der Waals surface area (Å²) in [6, 6.07) is 73.5. The second kappa shape index (κ2) is 13.1. The number of fused-ring (bicyclic) bond motifs is 7. The average molecular weight is 715 g/mol. The van der Waals surface area contributed by atoms with Gasteiger partial charge < -0.3 is 9.32 Å². The molecule has 0 unspecified atom stereocenters. The maximum absolute atomic E-state index is 6.64. The molecule has 11 rings (SSSR count). The quantitative estimate of drug-likeness (QED) is 0.161. The second-order valence-corrected chi connectivity index (χ2v) is 14.4. The second-order valence-electron chi connectivity index (χ2n) is 14.4. The van der Waals surface area contributed by atoms with Crippen molar-refractivity contribution >= 4 is 71.3 Å². The maximum atomic E-state index is 6.64. The zero-order valence-corrected chi connectivity index (χ0v) is 30.4. The number of aromatic nitrogens is 1. The third-order valence-electron chi connectivity index (χ3n) is 11.1.